The standard InChI is InChI=1S/C72H49N3Si/c1-4-22-50(23-5-1)51-24-20-30-59(46-51)76(57-26-6-2-7-27-57,58-28-8-3-9-29-58)60-31-21-25-52(47-60)53-44-55(74-69-39-17-12-34-63(69)64-35-13-18-40-70(64)74)48-56(45-53)75-71-41-19-14-36-65(71)66-49-54(42-43-72(66)75)73-67-37-15-10-32-61(67)62-33-11-16-38-68(62)73/h1-49H. The van der Waals surface area contributed by atoms with Crippen molar-refractivity contribution in [1.29, 1.82) is 0 Å². The Labute approximate surface area is 442 Å². The summed E-state index contributed by atoms with van der Waals surface area (Å²) >= 11 is 0. The van der Waals surface area contributed by atoms with Gasteiger partial charge in [-0.25, -0.2) is 0 Å². The zero-order chi connectivity index (χ0) is 50.2. The summed E-state index contributed by atoms with van der Waals surface area (Å²) in [6, 6.07) is 111. The third-order valence-electron chi connectivity index (χ3n) is 15.9. The van der Waals surface area contributed by atoms with E-state index in [0.29, 0.717) is 0 Å². The Kier molecular flexibility index (Phi) is 10.2. The second-order valence-corrected chi connectivity index (χ2v) is 23.9. The smallest absolute Gasteiger partial charge is 0.179 e. The molecule has 0 unspecified atom stereocenters. The van der Waals surface area contributed by atoms with Gasteiger partial charge in [0.15, 0.2) is 8.07 Å². The maximum atomic E-state index is 2.51. The third kappa shape index (κ3) is 6.81. The Morgan fingerprint density at radius 2 is 0.513 bits per heavy atom. The lowest BCUT2D eigenvalue weighted by molar-refractivity contribution is 1.13. The maximum Gasteiger partial charge on any atom is 0.179 e. The topological polar surface area (TPSA) is 14.8 Å². The molecule has 3 nitrogen and oxygen atoms in total. The monoisotopic (exact) mass is 983 g/mol. The van der Waals surface area contributed by atoms with Crippen LogP contribution in [0.25, 0.3) is 105 Å². The molecule has 0 aliphatic carbocycles. The number of benzene rings is 12. The van der Waals surface area contributed by atoms with E-state index in [1.807, 2.05) is 0 Å². The predicted molar refractivity (Wildman–Crippen MR) is 324 cm³/mol. The van der Waals surface area contributed by atoms with Crippen LogP contribution in [0, 0.1) is 0 Å². The van der Waals surface area contributed by atoms with Crippen molar-refractivity contribution in [2.75, 3.05) is 0 Å². The van der Waals surface area contributed by atoms with E-state index < -0.39 is 8.07 Å². The van der Waals surface area contributed by atoms with Crippen molar-refractivity contribution < 1.29 is 0 Å². The highest BCUT2D eigenvalue weighted by Crippen LogP contribution is 2.40. The van der Waals surface area contributed by atoms with Gasteiger partial charge in [0.25, 0.3) is 0 Å². The van der Waals surface area contributed by atoms with E-state index >= 15 is 0 Å². The first kappa shape index (κ1) is 43.8. The number of aromatic nitrogens is 3. The highest BCUT2D eigenvalue weighted by atomic mass is 28.3. The van der Waals surface area contributed by atoms with E-state index in [2.05, 4.69) is 311 Å². The molecular formula is C72H49N3Si. The van der Waals surface area contributed by atoms with E-state index in [1.54, 1.807) is 0 Å². The van der Waals surface area contributed by atoms with Gasteiger partial charge in [0, 0.05) is 49.4 Å². The highest BCUT2D eigenvalue weighted by Gasteiger charge is 2.42. The molecule has 15 aromatic rings. The Morgan fingerprint density at radius 3 is 0.961 bits per heavy atom. The van der Waals surface area contributed by atoms with Crippen LogP contribution in [0.15, 0.2) is 297 Å². The van der Waals surface area contributed by atoms with Crippen LogP contribution in [0.1, 0.15) is 0 Å². The van der Waals surface area contributed by atoms with Crippen LogP contribution in [0.3, 0.4) is 0 Å². The summed E-state index contributed by atoms with van der Waals surface area (Å²) in [4.78, 5) is 0. The molecule has 15 rings (SSSR count). The van der Waals surface area contributed by atoms with Crippen molar-refractivity contribution >= 4 is 94.2 Å². The Hall–Kier alpha value is -9.74. The van der Waals surface area contributed by atoms with Crippen molar-refractivity contribution in [2.45, 2.75) is 0 Å². The number of para-hydroxylation sites is 5. The largest absolute Gasteiger partial charge is 0.309 e. The van der Waals surface area contributed by atoms with Gasteiger partial charge in [0.1, 0.15) is 0 Å². The molecular weight excluding hydrogens is 935 g/mol. The van der Waals surface area contributed by atoms with Gasteiger partial charge in [-0.2, -0.15) is 0 Å². The van der Waals surface area contributed by atoms with Crippen molar-refractivity contribution in [3.05, 3.63) is 297 Å². The first-order valence-corrected chi connectivity index (χ1v) is 28.2. The van der Waals surface area contributed by atoms with Crippen molar-refractivity contribution in [3.8, 4) is 39.3 Å². The SMILES string of the molecule is c1ccc(-c2cccc([Si](c3ccccc3)(c3ccccc3)c3cccc(-c4cc(-n5c6ccccc6c6ccccc65)cc(-n5c6ccccc6c6cc(-n7c8ccccc8c8ccccc87)ccc65)c4)c3)c2)cc1. The lowest BCUT2D eigenvalue weighted by atomic mass is 10.0. The van der Waals surface area contributed by atoms with E-state index in [1.165, 1.54) is 91.8 Å². The lowest BCUT2D eigenvalue weighted by Crippen LogP contribution is -2.74. The third-order valence-corrected chi connectivity index (χ3v) is 20.7. The van der Waals surface area contributed by atoms with E-state index in [-0.39, 0.29) is 0 Å². The minimum atomic E-state index is -2.98. The summed E-state index contributed by atoms with van der Waals surface area (Å²) in [5, 5.41) is 12.8. The minimum Gasteiger partial charge on any atom is -0.309 e. The molecule has 356 valence electrons. The molecule has 4 heteroatoms. The van der Waals surface area contributed by atoms with Gasteiger partial charge in [-0.15, -0.1) is 0 Å². The van der Waals surface area contributed by atoms with Crippen LogP contribution >= 0.6 is 0 Å². The van der Waals surface area contributed by atoms with E-state index in [0.717, 1.165) is 33.7 Å². The van der Waals surface area contributed by atoms with Gasteiger partial charge < -0.3 is 13.7 Å². The zero-order valence-corrected chi connectivity index (χ0v) is 42.6. The first-order valence-electron chi connectivity index (χ1n) is 26.2. The minimum absolute atomic E-state index is 1.10. The molecule has 76 heavy (non-hydrogen) atoms. The van der Waals surface area contributed by atoms with Crippen LogP contribution in [-0.4, -0.2) is 21.8 Å². The normalized spacial score (nSPS) is 11.9. The molecule has 0 spiro atoms. The number of rotatable bonds is 9. The van der Waals surface area contributed by atoms with Gasteiger partial charge in [0.2, 0.25) is 0 Å². The molecule has 0 amide bonds. The van der Waals surface area contributed by atoms with Crippen molar-refractivity contribution in [3.63, 3.8) is 0 Å². The second kappa shape index (κ2) is 17.7. The molecule has 0 saturated carbocycles. The highest BCUT2D eigenvalue weighted by molar-refractivity contribution is 7.20. The van der Waals surface area contributed by atoms with Gasteiger partial charge in [-0.3, -0.25) is 0 Å². The summed E-state index contributed by atoms with van der Waals surface area (Å²) in [5.74, 6) is 0. The molecule has 3 aromatic heterocycles. The quantitative estimate of drug-likeness (QED) is 0.101. The summed E-state index contributed by atoms with van der Waals surface area (Å²) in [6.07, 6.45) is 0. The van der Waals surface area contributed by atoms with Crippen LogP contribution < -0.4 is 20.7 Å². The molecule has 0 radical (unpaired) electrons. The summed E-state index contributed by atoms with van der Waals surface area (Å²) in [5.41, 5.74) is 15.2. The summed E-state index contributed by atoms with van der Waals surface area (Å²) < 4.78 is 7.39. The van der Waals surface area contributed by atoms with Crippen LogP contribution in [0.2, 0.25) is 0 Å². The molecule has 0 aliphatic heterocycles. The molecule has 3 heterocycles. The maximum absolute atomic E-state index is 2.98. The molecule has 0 bridgehead atoms. The average molecular weight is 984 g/mol. The van der Waals surface area contributed by atoms with E-state index in [9.17, 15) is 0 Å². The number of fused-ring (bicyclic) bond motifs is 9. The van der Waals surface area contributed by atoms with E-state index in [4.69, 9.17) is 0 Å². The molecule has 12 aromatic carbocycles. The Morgan fingerprint density at radius 1 is 0.184 bits per heavy atom. The van der Waals surface area contributed by atoms with Crippen molar-refractivity contribution in [2.24, 2.45) is 0 Å². The number of nitrogens with zero attached hydrogens (tertiary/aromatic N) is 3. The van der Waals surface area contributed by atoms with Crippen LogP contribution in [-0.2, 0) is 0 Å². The first-order chi connectivity index (χ1) is 37.7. The van der Waals surface area contributed by atoms with Gasteiger partial charge in [0.05, 0.1) is 33.1 Å². The van der Waals surface area contributed by atoms with Gasteiger partial charge in [-0.05, 0) is 110 Å². The van der Waals surface area contributed by atoms with Gasteiger partial charge >= 0.3 is 0 Å². The lowest BCUT2D eigenvalue weighted by Gasteiger charge is -2.35. The Bertz CT molecular complexity index is 4550. The van der Waals surface area contributed by atoms with Gasteiger partial charge in [-0.1, -0.05) is 231 Å². The van der Waals surface area contributed by atoms with Crippen LogP contribution in [0.4, 0.5) is 0 Å². The summed E-state index contributed by atoms with van der Waals surface area (Å²) in [6.45, 7) is 0. The van der Waals surface area contributed by atoms with Crippen LogP contribution in [0.5, 0.6) is 0 Å². The second-order valence-electron chi connectivity index (χ2n) is 20.0. The molecule has 0 aliphatic rings. The number of hydrogen-bond donors (Lipinski definition) is 0. The fourth-order valence-corrected chi connectivity index (χ4v) is 17.5. The molecule has 0 saturated heterocycles. The predicted octanol–water partition coefficient (Wildman–Crippen LogP) is 15.7. The fourth-order valence-electron chi connectivity index (χ4n) is 12.7. The molecule has 0 N–H and O–H groups in total. The zero-order valence-electron chi connectivity index (χ0n) is 41.6. The summed E-state index contributed by atoms with van der Waals surface area (Å²) in [7, 11) is -2.98. The molecule has 0 atom stereocenters. The Balaban J connectivity index is 0.995. The fraction of sp³-hybridized carbons (Fsp3) is 0. The van der Waals surface area contributed by atoms with Crippen molar-refractivity contribution in [1.82, 2.24) is 13.7 Å². The number of hydrogen-bond acceptors (Lipinski definition) is 0. The average Bonchev–Trinajstić information content (AvgIpc) is 4.22. The molecule has 0 fully saturated rings.